The molecule has 11 heteroatoms. The number of carbonyl (C=O) groups excluding carboxylic acids is 4. The quantitative estimate of drug-likeness (QED) is 0.190. The number of nitrogens with one attached hydrogen (secondary N) is 2. The first-order valence-corrected chi connectivity index (χ1v) is 14.3. The van der Waals surface area contributed by atoms with E-state index in [9.17, 15) is 19.2 Å². The molecule has 2 amide bonds. The van der Waals surface area contributed by atoms with Gasteiger partial charge < -0.3 is 29.6 Å². The zero-order valence-corrected chi connectivity index (χ0v) is 25.4. The summed E-state index contributed by atoms with van der Waals surface area (Å²) in [4.78, 5) is 54.6. The molecule has 3 aromatic rings. The van der Waals surface area contributed by atoms with Crippen molar-refractivity contribution in [2.45, 2.75) is 66.2 Å². The van der Waals surface area contributed by atoms with Gasteiger partial charge in [0.2, 0.25) is 0 Å². The Morgan fingerprint density at radius 1 is 0.545 bits per heavy atom. The summed E-state index contributed by atoms with van der Waals surface area (Å²) in [5.41, 5.74) is 2.48. The van der Waals surface area contributed by atoms with Crippen molar-refractivity contribution in [3.63, 3.8) is 0 Å². The third-order valence-electron chi connectivity index (χ3n) is 6.40. The molecule has 3 rings (SSSR count). The van der Waals surface area contributed by atoms with E-state index in [2.05, 4.69) is 15.6 Å². The zero-order valence-electron chi connectivity index (χ0n) is 25.4. The second-order valence-electron chi connectivity index (χ2n) is 10.7. The summed E-state index contributed by atoms with van der Waals surface area (Å²) in [6.45, 7) is 6.93. The molecule has 234 valence electrons. The molecule has 0 fully saturated rings. The van der Waals surface area contributed by atoms with Gasteiger partial charge in [-0.05, 0) is 35.1 Å². The van der Waals surface area contributed by atoms with E-state index in [1.54, 1.807) is 45.9 Å². The van der Waals surface area contributed by atoms with E-state index in [4.69, 9.17) is 18.9 Å². The molecule has 11 nitrogen and oxygen atoms in total. The number of carbonyl (C=O) groups is 4. The minimum absolute atomic E-state index is 0.0696. The van der Waals surface area contributed by atoms with E-state index in [0.29, 0.717) is 11.4 Å². The number of pyridine rings is 1. The summed E-state index contributed by atoms with van der Waals surface area (Å²) in [7, 11) is 0. The molecule has 0 saturated carbocycles. The maximum Gasteiger partial charge on any atom is 0.408 e. The third-order valence-corrected chi connectivity index (χ3v) is 6.40. The molecule has 1 heterocycles. The number of benzene rings is 2. The Morgan fingerprint density at radius 3 is 1.30 bits per heavy atom. The Balaban J connectivity index is 1.47. The van der Waals surface area contributed by atoms with Crippen LogP contribution in [0.4, 0.5) is 9.59 Å². The van der Waals surface area contributed by atoms with Gasteiger partial charge in [0.25, 0.3) is 0 Å². The molecule has 0 unspecified atom stereocenters. The number of hydrogen-bond donors (Lipinski definition) is 2. The fourth-order valence-electron chi connectivity index (χ4n) is 3.94. The van der Waals surface area contributed by atoms with Gasteiger partial charge in [-0.3, -0.25) is 4.98 Å². The van der Waals surface area contributed by atoms with Crippen molar-refractivity contribution in [2.24, 2.45) is 11.8 Å². The van der Waals surface area contributed by atoms with Crippen molar-refractivity contribution >= 4 is 24.1 Å². The van der Waals surface area contributed by atoms with Crippen LogP contribution in [0.3, 0.4) is 0 Å². The number of aromatic nitrogens is 1. The van der Waals surface area contributed by atoms with Crippen LogP contribution in [0.5, 0.6) is 0 Å². The van der Waals surface area contributed by atoms with Gasteiger partial charge in [0.1, 0.15) is 38.5 Å². The lowest BCUT2D eigenvalue weighted by atomic mass is 10.1. The summed E-state index contributed by atoms with van der Waals surface area (Å²) >= 11 is 0. The van der Waals surface area contributed by atoms with Crippen molar-refractivity contribution < 1.29 is 38.1 Å². The van der Waals surface area contributed by atoms with Gasteiger partial charge in [0.15, 0.2) is 0 Å². The molecule has 2 aromatic carbocycles. The minimum atomic E-state index is -0.928. The normalized spacial score (nSPS) is 12.1. The third kappa shape index (κ3) is 11.4. The number of ether oxygens (including phenoxy) is 4. The van der Waals surface area contributed by atoms with Crippen molar-refractivity contribution in [3.05, 3.63) is 101 Å². The average Bonchev–Trinajstić information content (AvgIpc) is 3.02. The van der Waals surface area contributed by atoms with E-state index in [1.807, 2.05) is 60.7 Å². The largest absolute Gasteiger partial charge is 0.458 e. The molecular formula is C33H39N3O8. The van der Waals surface area contributed by atoms with Crippen LogP contribution in [0.25, 0.3) is 0 Å². The number of nitrogens with zero attached hydrogens (tertiary/aromatic N) is 1. The molecular weight excluding hydrogens is 566 g/mol. The molecule has 0 spiro atoms. The van der Waals surface area contributed by atoms with Gasteiger partial charge in [-0.25, -0.2) is 19.2 Å². The molecule has 44 heavy (non-hydrogen) atoms. The molecule has 2 N–H and O–H groups in total. The molecule has 0 aliphatic heterocycles. The van der Waals surface area contributed by atoms with Crippen LogP contribution in [0, 0.1) is 11.8 Å². The average molecular weight is 606 g/mol. The number of amides is 2. The summed E-state index contributed by atoms with van der Waals surface area (Å²) in [5, 5.41) is 5.13. The second kappa shape index (κ2) is 17.3. The second-order valence-corrected chi connectivity index (χ2v) is 10.7. The van der Waals surface area contributed by atoms with Gasteiger partial charge in [-0.15, -0.1) is 0 Å². The highest BCUT2D eigenvalue weighted by Crippen LogP contribution is 2.11. The molecule has 0 radical (unpaired) electrons. The molecule has 0 aliphatic rings. The van der Waals surface area contributed by atoms with Gasteiger partial charge >= 0.3 is 24.1 Å². The molecule has 0 aliphatic carbocycles. The number of rotatable bonds is 14. The summed E-state index contributed by atoms with van der Waals surface area (Å²) in [6, 6.07) is 21.5. The summed E-state index contributed by atoms with van der Waals surface area (Å²) < 4.78 is 21.3. The van der Waals surface area contributed by atoms with E-state index in [1.165, 1.54) is 0 Å². The van der Waals surface area contributed by atoms with Crippen LogP contribution in [0.2, 0.25) is 0 Å². The Bertz CT molecular complexity index is 1260. The first-order chi connectivity index (χ1) is 21.1. The number of alkyl carbamates (subject to hydrolysis) is 2. The predicted molar refractivity (Wildman–Crippen MR) is 161 cm³/mol. The van der Waals surface area contributed by atoms with Crippen LogP contribution in [-0.4, -0.2) is 41.2 Å². The highest BCUT2D eigenvalue weighted by molar-refractivity contribution is 5.82. The first-order valence-electron chi connectivity index (χ1n) is 14.3. The summed E-state index contributed by atoms with van der Waals surface area (Å²) in [6.07, 6.45) is -1.46. The first kappa shape index (κ1) is 33.6. The van der Waals surface area contributed by atoms with Crippen molar-refractivity contribution in [1.82, 2.24) is 15.6 Å². The topological polar surface area (TPSA) is 142 Å². The lowest BCUT2D eigenvalue weighted by molar-refractivity contribution is -0.149. The lowest BCUT2D eigenvalue weighted by Gasteiger charge is -2.21. The Hall–Kier alpha value is -4.93. The number of esters is 2. The summed E-state index contributed by atoms with van der Waals surface area (Å²) in [5.74, 6) is -1.80. The number of hydrogen-bond acceptors (Lipinski definition) is 9. The monoisotopic (exact) mass is 605 g/mol. The zero-order chi connectivity index (χ0) is 31.9. The smallest absolute Gasteiger partial charge is 0.408 e. The predicted octanol–water partition coefficient (Wildman–Crippen LogP) is 5.07. The van der Waals surface area contributed by atoms with Crippen LogP contribution < -0.4 is 10.6 Å². The highest BCUT2D eigenvalue weighted by atomic mass is 16.6. The fraction of sp³-hybridized carbons (Fsp3) is 0.364. The molecule has 0 saturated heterocycles. The van der Waals surface area contributed by atoms with E-state index in [-0.39, 0.29) is 38.3 Å². The van der Waals surface area contributed by atoms with Crippen molar-refractivity contribution in [3.8, 4) is 0 Å². The van der Waals surface area contributed by atoms with E-state index < -0.39 is 36.2 Å². The fourth-order valence-corrected chi connectivity index (χ4v) is 3.94. The maximum atomic E-state index is 12.8. The molecule has 1 aromatic heterocycles. The SMILES string of the molecule is CC(C)[C@H](NC(=O)OCc1ccccc1)C(=O)OCc1cccc(COC(=O)[C@@H](NC(=O)OCc2ccccc2)C(C)C)n1. The molecule has 2 atom stereocenters. The maximum absolute atomic E-state index is 12.8. The highest BCUT2D eigenvalue weighted by Gasteiger charge is 2.28. The van der Waals surface area contributed by atoms with Crippen molar-refractivity contribution in [1.29, 1.82) is 0 Å². The minimum Gasteiger partial charge on any atom is -0.458 e. The van der Waals surface area contributed by atoms with Crippen LogP contribution in [0.1, 0.15) is 50.2 Å². The Morgan fingerprint density at radius 2 is 0.932 bits per heavy atom. The van der Waals surface area contributed by atoms with Crippen molar-refractivity contribution in [2.75, 3.05) is 0 Å². The molecule has 0 bridgehead atoms. The van der Waals surface area contributed by atoms with Gasteiger partial charge in [0.05, 0.1) is 11.4 Å². The lowest BCUT2D eigenvalue weighted by Crippen LogP contribution is -2.45. The van der Waals surface area contributed by atoms with Gasteiger partial charge in [-0.2, -0.15) is 0 Å². The Labute approximate surface area is 257 Å². The van der Waals surface area contributed by atoms with E-state index in [0.717, 1.165) is 11.1 Å². The van der Waals surface area contributed by atoms with Gasteiger partial charge in [0, 0.05) is 0 Å². The van der Waals surface area contributed by atoms with Crippen LogP contribution in [0.15, 0.2) is 78.9 Å². The van der Waals surface area contributed by atoms with Crippen LogP contribution in [-0.2, 0) is 55.0 Å². The van der Waals surface area contributed by atoms with E-state index >= 15 is 0 Å². The Kier molecular flexibility index (Phi) is 13.2. The standard InChI is InChI=1S/C33H39N3O8/c1-22(2)28(35-32(39)43-18-24-12-7-5-8-13-24)30(37)41-20-26-16-11-17-27(34-26)21-42-31(38)29(23(3)4)36-33(40)44-19-25-14-9-6-10-15-25/h5-17,22-23,28-29H,18-21H2,1-4H3,(H,35,39)(H,36,40)/t28-,29-/m0/s1. The van der Waals surface area contributed by atoms with Gasteiger partial charge in [-0.1, -0.05) is 94.4 Å². The van der Waals surface area contributed by atoms with Crippen LogP contribution >= 0.6 is 0 Å².